The van der Waals surface area contributed by atoms with E-state index in [1.165, 1.54) is 6.42 Å². The topological polar surface area (TPSA) is 23.5 Å². The van der Waals surface area contributed by atoms with Crippen molar-refractivity contribution in [2.45, 2.75) is 31.8 Å². The van der Waals surface area contributed by atoms with E-state index in [1.54, 1.807) is 17.8 Å². The highest BCUT2D eigenvalue weighted by Crippen LogP contribution is 2.30. The van der Waals surface area contributed by atoms with E-state index in [1.807, 2.05) is 12.2 Å². The second-order valence-corrected chi connectivity index (χ2v) is 5.99. The molecule has 0 unspecified atom stereocenters. The van der Waals surface area contributed by atoms with Crippen molar-refractivity contribution in [2.24, 2.45) is 0 Å². The Morgan fingerprint density at radius 3 is 2.63 bits per heavy atom. The van der Waals surface area contributed by atoms with E-state index in [4.69, 9.17) is 0 Å². The first-order valence-corrected chi connectivity index (χ1v) is 8.49. The molecule has 0 aromatic rings. The van der Waals surface area contributed by atoms with Gasteiger partial charge in [-0.25, -0.2) is 0 Å². The zero-order valence-electron chi connectivity index (χ0n) is 12.3. The number of aliphatic hydroxyl groups is 1. The number of thioether (sulfide) groups is 1. The summed E-state index contributed by atoms with van der Waals surface area (Å²) in [5.41, 5.74) is 0.274. The minimum absolute atomic E-state index is 0.685. The lowest BCUT2D eigenvalue weighted by molar-refractivity contribution is 0.0123. The molecule has 1 heterocycles. The number of likely N-dealkylation sites (tertiary alicyclic amines) is 1. The van der Waals surface area contributed by atoms with Crippen molar-refractivity contribution in [3.63, 3.8) is 0 Å². The molecule has 1 saturated heterocycles. The van der Waals surface area contributed by atoms with Crippen LogP contribution in [-0.2, 0) is 0 Å². The quantitative estimate of drug-likeness (QED) is 0.725. The number of rotatable bonds is 7. The van der Waals surface area contributed by atoms with Gasteiger partial charge in [0, 0.05) is 18.8 Å². The van der Waals surface area contributed by atoms with Crippen molar-refractivity contribution in [1.82, 2.24) is 4.90 Å². The molecule has 0 aliphatic carbocycles. The number of piperidine rings is 1. The Morgan fingerprint density at radius 1 is 1.42 bits per heavy atom. The smallest absolute Gasteiger partial charge is 0.0920 e. The van der Waals surface area contributed by atoms with Gasteiger partial charge in [-0.05, 0) is 37.6 Å². The van der Waals surface area contributed by atoms with Crippen molar-refractivity contribution >= 4 is 11.8 Å². The van der Waals surface area contributed by atoms with Gasteiger partial charge in [0.05, 0.1) is 5.60 Å². The minimum Gasteiger partial charge on any atom is -0.385 e. The fourth-order valence-electron chi connectivity index (χ4n) is 2.49. The predicted octanol–water partition coefficient (Wildman–Crippen LogP) is 3.25. The van der Waals surface area contributed by atoms with Crippen LogP contribution in [-0.4, -0.2) is 47.3 Å². The Bertz CT molecular complexity index is 328. The first-order chi connectivity index (χ1) is 9.16. The molecule has 1 N–H and O–H groups in total. The van der Waals surface area contributed by atoms with Crippen LogP contribution in [0.2, 0.25) is 0 Å². The number of hydrogen-bond donors (Lipinski definition) is 1. The lowest BCUT2D eigenvalue weighted by Crippen LogP contribution is -2.45. The molecule has 0 bridgehead atoms. The molecule has 1 aliphatic rings. The van der Waals surface area contributed by atoms with Gasteiger partial charge in [0.25, 0.3) is 0 Å². The van der Waals surface area contributed by atoms with Crippen LogP contribution in [0.1, 0.15) is 26.2 Å². The summed E-state index contributed by atoms with van der Waals surface area (Å²) in [5.74, 6) is 1.00. The molecular formula is C16H27NOS. The maximum Gasteiger partial charge on any atom is 0.0920 e. The summed E-state index contributed by atoms with van der Waals surface area (Å²) < 4.78 is 0. The Morgan fingerprint density at radius 2 is 2.11 bits per heavy atom. The molecule has 2 nitrogen and oxygen atoms in total. The van der Waals surface area contributed by atoms with Gasteiger partial charge in [-0.1, -0.05) is 37.8 Å². The number of nitrogens with zero attached hydrogens (tertiary/aromatic N) is 1. The molecule has 0 saturated carbocycles. The van der Waals surface area contributed by atoms with Gasteiger partial charge in [0.1, 0.15) is 0 Å². The molecule has 0 atom stereocenters. The molecule has 0 aromatic carbocycles. The van der Waals surface area contributed by atoms with E-state index >= 15 is 0 Å². The van der Waals surface area contributed by atoms with E-state index in [0.29, 0.717) is 0 Å². The third-order valence-corrected chi connectivity index (χ3v) is 4.18. The van der Waals surface area contributed by atoms with Crippen LogP contribution in [0.3, 0.4) is 0 Å². The van der Waals surface area contributed by atoms with E-state index in [0.717, 1.165) is 43.8 Å². The van der Waals surface area contributed by atoms with E-state index in [9.17, 15) is 5.11 Å². The van der Waals surface area contributed by atoms with Crippen molar-refractivity contribution in [3.05, 3.63) is 36.5 Å². The van der Waals surface area contributed by atoms with E-state index in [-0.39, 0.29) is 0 Å². The molecule has 3 heteroatoms. The lowest BCUT2D eigenvalue weighted by atomic mass is 9.83. The molecular weight excluding hydrogens is 254 g/mol. The molecule has 19 heavy (non-hydrogen) atoms. The summed E-state index contributed by atoms with van der Waals surface area (Å²) in [6.45, 7) is 9.14. The van der Waals surface area contributed by atoms with Crippen LogP contribution >= 0.6 is 11.8 Å². The Labute approximate surface area is 122 Å². The normalized spacial score (nSPS) is 20.9. The highest BCUT2D eigenvalue weighted by atomic mass is 32.2. The van der Waals surface area contributed by atoms with Crippen LogP contribution in [0.25, 0.3) is 0 Å². The number of hydrogen-bond acceptors (Lipinski definition) is 3. The van der Waals surface area contributed by atoms with Gasteiger partial charge in [-0.15, -0.1) is 0 Å². The maximum atomic E-state index is 10.8. The highest BCUT2D eigenvalue weighted by Gasteiger charge is 2.33. The SMILES string of the molecule is C=C/C(=C\C=C/CSC)C1(O)CCN(CCC)CC1. The van der Waals surface area contributed by atoms with Crippen LogP contribution in [0.4, 0.5) is 0 Å². The predicted molar refractivity (Wildman–Crippen MR) is 86.7 cm³/mol. The second kappa shape index (κ2) is 8.62. The van der Waals surface area contributed by atoms with E-state index in [2.05, 4.69) is 30.7 Å². The molecule has 0 radical (unpaired) electrons. The zero-order valence-corrected chi connectivity index (χ0v) is 13.1. The van der Waals surface area contributed by atoms with Crippen molar-refractivity contribution in [1.29, 1.82) is 0 Å². The Kier molecular flexibility index (Phi) is 7.51. The summed E-state index contributed by atoms with van der Waals surface area (Å²) in [6, 6.07) is 0. The fraction of sp³-hybridized carbons (Fsp3) is 0.625. The van der Waals surface area contributed by atoms with Gasteiger partial charge < -0.3 is 10.0 Å². The van der Waals surface area contributed by atoms with Crippen molar-refractivity contribution < 1.29 is 5.11 Å². The molecule has 0 spiro atoms. The van der Waals surface area contributed by atoms with Crippen LogP contribution in [0, 0.1) is 0 Å². The Hall–Kier alpha value is -0.510. The summed E-state index contributed by atoms with van der Waals surface area (Å²) in [5, 5.41) is 10.8. The average molecular weight is 281 g/mol. The minimum atomic E-state index is -0.685. The summed E-state index contributed by atoms with van der Waals surface area (Å²) in [6.07, 6.45) is 12.8. The monoisotopic (exact) mass is 281 g/mol. The third-order valence-electron chi connectivity index (χ3n) is 3.66. The summed E-state index contributed by atoms with van der Waals surface area (Å²) in [4.78, 5) is 2.43. The second-order valence-electron chi connectivity index (χ2n) is 5.08. The van der Waals surface area contributed by atoms with Crippen molar-refractivity contribution in [2.75, 3.05) is 31.6 Å². The standard InChI is InChI=1S/C16H27NOS/c1-4-11-17-12-9-16(18,10-13-17)15(5-2)8-6-7-14-19-3/h5-8,18H,2,4,9-14H2,1,3H3/b7-6-,15-8+. The zero-order chi connectivity index (χ0) is 14.1. The van der Waals surface area contributed by atoms with Gasteiger partial charge in [0.15, 0.2) is 0 Å². The van der Waals surface area contributed by atoms with Crippen LogP contribution in [0.15, 0.2) is 36.5 Å². The van der Waals surface area contributed by atoms with E-state index < -0.39 is 5.60 Å². The number of allylic oxidation sites excluding steroid dienone is 2. The van der Waals surface area contributed by atoms with Gasteiger partial charge in [0.2, 0.25) is 0 Å². The summed E-state index contributed by atoms with van der Waals surface area (Å²) in [7, 11) is 0. The lowest BCUT2D eigenvalue weighted by Gasteiger charge is -2.39. The van der Waals surface area contributed by atoms with Gasteiger partial charge >= 0.3 is 0 Å². The highest BCUT2D eigenvalue weighted by molar-refractivity contribution is 7.98. The maximum absolute atomic E-state index is 10.8. The fourth-order valence-corrected chi connectivity index (χ4v) is 2.79. The molecule has 1 rings (SSSR count). The third kappa shape index (κ3) is 5.17. The summed E-state index contributed by atoms with van der Waals surface area (Å²) >= 11 is 1.79. The average Bonchev–Trinajstić information content (AvgIpc) is 2.42. The largest absolute Gasteiger partial charge is 0.385 e. The van der Waals surface area contributed by atoms with Gasteiger partial charge in [-0.2, -0.15) is 11.8 Å². The molecule has 0 aromatic heterocycles. The van der Waals surface area contributed by atoms with Crippen LogP contribution < -0.4 is 0 Å². The van der Waals surface area contributed by atoms with Crippen molar-refractivity contribution in [3.8, 4) is 0 Å². The molecule has 1 fully saturated rings. The Balaban J connectivity index is 2.62. The first-order valence-electron chi connectivity index (χ1n) is 7.09. The van der Waals surface area contributed by atoms with Crippen LogP contribution in [0.5, 0.6) is 0 Å². The molecule has 108 valence electrons. The first kappa shape index (κ1) is 16.5. The molecule has 1 aliphatic heterocycles. The van der Waals surface area contributed by atoms with Gasteiger partial charge in [-0.3, -0.25) is 0 Å². The molecule has 0 amide bonds.